The van der Waals surface area contributed by atoms with Crippen molar-refractivity contribution in [1.29, 1.82) is 0 Å². The number of hydrogen-bond acceptors (Lipinski definition) is 6. The molecule has 1 aromatic heterocycles. The van der Waals surface area contributed by atoms with Crippen molar-refractivity contribution in [2.24, 2.45) is 17.3 Å². The quantitative estimate of drug-likeness (QED) is 0.377. The predicted octanol–water partition coefficient (Wildman–Crippen LogP) is 4.87. The van der Waals surface area contributed by atoms with Gasteiger partial charge in [-0.25, -0.2) is 13.2 Å². The van der Waals surface area contributed by atoms with Crippen LogP contribution in [-0.2, 0) is 15.3 Å². The number of carbonyl (C=O) groups excluding carboxylic acids is 1. The molecule has 2 aliphatic carbocycles. The Kier molecular flexibility index (Phi) is 7.65. The van der Waals surface area contributed by atoms with Crippen LogP contribution in [0.5, 0.6) is 0 Å². The van der Waals surface area contributed by atoms with Crippen LogP contribution in [0.1, 0.15) is 44.1 Å². The Hall–Kier alpha value is -3.43. The van der Waals surface area contributed by atoms with Crippen molar-refractivity contribution in [2.75, 3.05) is 44.7 Å². The zero-order valence-electron chi connectivity index (χ0n) is 25.5. The van der Waals surface area contributed by atoms with Gasteiger partial charge in [-0.15, -0.1) is 0 Å². The highest BCUT2D eigenvalue weighted by atomic mass is 32.2. The zero-order valence-corrected chi connectivity index (χ0v) is 26.3. The maximum absolute atomic E-state index is 12.9. The highest BCUT2D eigenvalue weighted by Crippen LogP contribution is 2.76. The number of aromatic nitrogens is 1. The second-order valence-electron chi connectivity index (χ2n) is 13.4. The average molecular weight is 614 g/mol. The summed E-state index contributed by atoms with van der Waals surface area (Å²) in [6.07, 6.45) is 10.1. The molecular formula is C35H43N5O3S. The molecule has 8 nitrogen and oxygen atoms in total. The van der Waals surface area contributed by atoms with Crippen LogP contribution >= 0.6 is 0 Å². The highest BCUT2D eigenvalue weighted by Gasteiger charge is 2.74. The summed E-state index contributed by atoms with van der Waals surface area (Å²) >= 11 is 0. The van der Waals surface area contributed by atoms with Crippen molar-refractivity contribution < 1.29 is 13.2 Å². The SMILES string of the molecule is CNC(=O)N[C@H]1CCCC12CC2(c1ccccc1)C1CCN(CC2CN(c3ccc(S(=O)(=O)c4ccncc4)cc3)C2)CC1. The van der Waals surface area contributed by atoms with E-state index < -0.39 is 9.84 Å². The van der Waals surface area contributed by atoms with Gasteiger partial charge in [-0.1, -0.05) is 36.8 Å². The molecule has 2 amide bonds. The molecular weight excluding hydrogens is 570 g/mol. The molecule has 3 aromatic rings. The maximum Gasteiger partial charge on any atom is 0.314 e. The monoisotopic (exact) mass is 613 g/mol. The van der Waals surface area contributed by atoms with Crippen molar-refractivity contribution in [3.8, 4) is 0 Å². The van der Waals surface area contributed by atoms with Crippen molar-refractivity contribution in [3.05, 3.63) is 84.7 Å². The summed E-state index contributed by atoms with van der Waals surface area (Å²) in [7, 11) is -1.83. The van der Waals surface area contributed by atoms with Gasteiger partial charge >= 0.3 is 6.03 Å². The first-order valence-corrected chi connectivity index (χ1v) is 17.6. The molecule has 4 aliphatic rings. The first-order valence-electron chi connectivity index (χ1n) is 16.1. The first kappa shape index (κ1) is 29.3. The van der Waals surface area contributed by atoms with Gasteiger partial charge in [0.25, 0.3) is 0 Å². The number of benzene rings is 2. The molecule has 4 fully saturated rings. The second kappa shape index (κ2) is 11.5. The molecule has 0 radical (unpaired) electrons. The fraction of sp³-hybridized carbons (Fsp3) is 0.486. The van der Waals surface area contributed by atoms with Gasteiger partial charge in [0.05, 0.1) is 9.79 Å². The molecule has 1 spiro atoms. The molecule has 2 aliphatic heterocycles. The molecule has 3 atom stereocenters. The standard InChI is InChI=1S/C35H43N5O3S/c1-36-33(41)38-32-8-5-17-34(32)25-35(34,27-6-3-2-4-7-27)28-15-20-39(21-16-28)22-26-23-40(24-26)29-9-11-30(12-10-29)44(42,43)31-13-18-37-19-14-31/h2-4,6-7,9-14,18-19,26,28,32H,5,8,15-17,20-25H2,1H3,(H2,36,38,41)/t32-,34?,35?/m0/s1. The van der Waals surface area contributed by atoms with Crippen LogP contribution < -0.4 is 15.5 Å². The smallest absolute Gasteiger partial charge is 0.314 e. The number of nitrogens with one attached hydrogen (secondary N) is 2. The third kappa shape index (κ3) is 4.98. The largest absolute Gasteiger partial charge is 0.371 e. The molecule has 7 rings (SSSR count). The Morgan fingerprint density at radius 1 is 0.932 bits per heavy atom. The maximum atomic E-state index is 12.9. The summed E-state index contributed by atoms with van der Waals surface area (Å²) < 4.78 is 25.8. The fourth-order valence-electron chi connectivity index (χ4n) is 8.98. The number of amides is 2. The van der Waals surface area contributed by atoms with Crippen molar-refractivity contribution in [1.82, 2.24) is 20.5 Å². The Morgan fingerprint density at radius 2 is 1.61 bits per heavy atom. The predicted molar refractivity (Wildman–Crippen MR) is 171 cm³/mol. The minimum absolute atomic E-state index is 0.0552. The third-order valence-corrected chi connectivity index (χ3v) is 13.0. The van der Waals surface area contributed by atoms with Crippen LogP contribution in [0, 0.1) is 17.3 Å². The van der Waals surface area contributed by atoms with Crippen LogP contribution in [-0.4, -0.2) is 70.1 Å². The molecule has 232 valence electrons. The zero-order chi connectivity index (χ0) is 30.4. The van der Waals surface area contributed by atoms with Gasteiger partial charge in [0.15, 0.2) is 0 Å². The van der Waals surface area contributed by atoms with E-state index in [1.54, 1.807) is 19.2 Å². The third-order valence-electron chi connectivity index (χ3n) is 11.2. The molecule has 2 saturated heterocycles. The van der Waals surface area contributed by atoms with E-state index in [-0.39, 0.29) is 27.8 Å². The number of carbonyl (C=O) groups is 1. The average Bonchev–Trinajstić information content (AvgIpc) is 3.58. The van der Waals surface area contributed by atoms with Crippen LogP contribution in [0.15, 0.2) is 88.9 Å². The molecule has 9 heteroatoms. The Balaban J connectivity index is 0.954. The Bertz CT molecular complexity index is 1570. The Morgan fingerprint density at radius 3 is 2.30 bits per heavy atom. The number of rotatable bonds is 8. The lowest BCUT2D eigenvalue weighted by Gasteiger charge is -2.45. The highest BCUT2D eigenvalue weighted by molar-refractivity contribution is 7.91. The number of likely N-dealkylation sites (tertiary alicyclic amines) is 1. The summed E-state index contributed by atoms with van der Waals surface area (Å²) in [5, 5.41) is 6.11. The lowest BCUT2D eigenvalue weighted by Crippen LogP contribution is -2.53. The fourth-order valence-corrected chi connectivity index (χ4v) is 10.2. The minimum atomic E-state index is -3.53. The molecule has 2 aromatic carbocycles. The number of hydrogen-bond donors (Lipinski definition) is 2. The Labute approximate surface area is 261 Å². The van der Waals surface area contributed by atoms with Crippen LogP contribution in [0.3, 0.4) is 0 Å². The normalized spacial score (nSPS) is 27.7. The summed E-state index contributed by atoms with van der Waals surface area (Å²) in [6.45, 7) is 5.37. The van der Waals surface area contributed by atoms with Crippen LogP contribution in [0.25, 0.3) is 0 Å². The number of pyridine rings is 1. The number of sulfone groups is 1. The first-order chi connectivity index (χ1) is 21.4. The molecule has 3 heterocycles. The van der Waals surface area contributed by atoms with Gasteiger partial charge in [0, 0.05) is 67.6 Å². The number of urea groups is 1. The van der Waals surface area contributed by atoms with E-state index in [2.05, 4.69) is 55.7 Å². The van der Waals surface area contributed by atoms with Gasteiger partial charge < -0.3 is 20.4 Å². The van der Waals surface area contributed by atoms with E-state index in [0.717, 1.165) is 44.8 Å². The minimum Gasteiger partial charge on any atom is -0.371 e. The molecule has 2 saturated carbocycles. The van der Waals surface area contributed by atoms with Crippen molar-refractivity contribution in [3.63, 3.8) is 0 Å². The lowest BCUT2D eigenvalue weighted by atomic mass is 9.70. The topological polar surface area (TPSA) is 94.6 Å². The van der Waals surface area contributed by atoms with E-state index in [0.29, 0.717) is 16.7 Å². The van der Waals surface area contributed by atoms with E-state index >= 15 is 0 Å². The van der Waals surface area contributed by atoms with Gasteiger partial charge in [-0.05, 0) is 93.1 Å². The van der Waals surface area contributed by atoms with E-state index in [4.69, 9.17) is 0 Å². The summed E-state index contributed by atoms with van der Waals surface area (Å²) in [4.78, 5) is 21.9. The van der Waals surface area contributed by atoms with Gasteiger partial charge in [0.2, 0.25) is 9.84 Å². The molecule has 2 unspecified atom stereocenters. The van der Waals surface area contributed by atoms with Gasteiger partial charge in [-0.2, -0.15) is 0 Å². The van der Waals surface area contributed by atoms with Crippen LogP contribution in [0.2, 0.25) is 0 Å². The number of anilines is 1. The molecule has 44 heavy (non-hydrogen) atoms. The van der Waals surface area contributed by atoms with Gasteiger partial charge in [-0.3, -0.25) is 4.98 Å². The second-order valence-corrected chi connectivity index (χ2v) is 15.3. The van der Waals surface area contributed by atoms with Crippen molar-refractivity contribution >= 4 is 21.6 Å². The van der Waals surface area contributed by atoms with Gasteiger partial charge in [0.1, 0.15) is 0 Å². The summed E-state index contributed by atoms with van der Waals surface area (Å²) in [5.41, 5.74) is 2.88. The summed E-state index contributed by atoms with van der Waals surface area (Å²) in [5.74, 6) is 1.26. The van der Waals surface area contributed by atoms with E-state index in [1.807, 2.05) is 12.1 Å². The van der Waals surface area contributed by atoms with Crippen LogP contribution in [0.4, 0.5) is 10.5 Å². The lowest BCUT2D eigenvalue weighted by molar-refractivity contribution is 0.120. The molecule has 2 N–H and O–H groups in total. The number of nitrogens with zero attached hydrogens (tertiary/aromatic N) is 3. The van der Waals surface area contributed by atoms with E-state index in [1.165, 1.54) is 62.2 Å². The number of piperidine rings is 1. The van der Waals surface area contributed by atoms with Crippen molar-refractivity contribution in [2.45, 2.75) is 59.8 Å². The van der Waals surface area contributed by atoms with E-state index in [9.17, 15) is 13.2 Å². The summed E-state index contributed by atoms with van der Waals surface area (Å²) in [6, 6.07) is 21.7. The molecule has 0 bridgehead atoms.